The minimum Gasteiger partial charge on any atom is -0.413 e. The molecule has 0 unspecified atom stereocenters. The molecule has 0 aliphatic heterocycles. The van der Waals surface area contributed by atoms with E-state index in [-0.39, 0.29) is 5.19 Å². The van der Waals surface area contributed by atoms with Gasteiger partial charge in [0.2, 0.25) is 8.32 Å². The zero-order valence-corrected chi connectivity index (χ0v) is 10.2. The Morgan fingerprint density at radius 3 is 2.12 bits per heavy atom. The van der Waals surface area contributed by atoms with E-state index in [4.69, 9.17) is 4.43 Å². The third-order valence-corrected chi connectivity index (χ3v) is 4.93. The Kier molecular flexibility index (Phi) is 3.74. The maximum absolute atomic E-state index is 13.4. The van der Waals surface area contributed by atoms with Gasteiger partial charge in [-0.3, -0.25) is 0 Å². The largest absolute Gasteiger partial charge is 0.413 e. The Morgan fingerprint density at radius 2 is 1.62 bits per heavy atom. The Bertz CT molecular complexity index is 406. The highest BCUT2D eigenvalue weighted by Crippen LogP contribution is 2.16. The smallest absolute Gasteiger partial charge is 0.221 e. The predicted octanol–water partition coefficient (Wildman–Crippen LogP) is 2.69. The van der Waals surface area contributed by atoms with E-state index >= 15 is 0 Å². The van der Waals surface area contributed by atoms with Crippen molar-refractivity contribution >= 4 is 13.5 Å². The summed E-state index contributed by atoms with van der Waals surface area (Å²) in [5.74, 6) is -6.32. The third-order valence-electron chi connectivity index (χ3n) is 2.26. The molecule has 6 heteroatoms. The summed E-state index contributed by atoms with van der Waals surface area (Å²) in [7, 11) is -2.73. The van der Waals surface area contributed by atoms with Crippen molar-refractivity contribution < 1.29 is 22.0 Å². The van der Waals surface area contributed by atoms with Gasteiger partial charge in [-0.2, -0.15) is 0 Å². The first-order chi connectivity index (χ1) is 7.31. The van der Waals surface area contributed by atoms with Gasteiger partial charge in [0.05, 0.1) is 0 Å². The topological polar surface area (TPSA) is 9.23 Å². The van der Waals surface area contributed by atoms with Crippen LogP contribution >= 0.6 is 0 Å². The molecule has 1 nitrogen and oxygen atoms in total. The Hall–Kier alpha value is -0.883. The SMILES string of the molecule is CCO[Si](C)(C)c1cc(F)c(F)c(F)c1F. The molecular formula is C10H12F4OSi. The van der Waals surface area contributed by atoms with Gasteiger partial charge in [0.25, 0.3) is 0 Å². The van der Waals surface area contributed by atoms with Crippen molar-refractivity contribution in [3.05, 3.63) is 29.3 Å². The summed E-state index contributed by atoms with van der Waals surface area (Å²) in [6.07, 6.45) is 0. The Morgan fingerprint density at radius 1 is 1.06 bits per heavy atom. The average Bonchev–Trinajstić information content (AvgIpc) is 2.20. The molecule has 0 saturated heterocycles. The van der Waals surface area contributed by atoms with Crippen LogP contribution in [0.5, 0.6) is 0 Å². The van der Waals surface area contributed by atoms with Gasteiger partial charge in [-0.25, -0.2) is 17.6 Å². The minimum atomic E-state index is -2.73. The fraction of sp³-hybridized carbons (Fsp3) is 0.400. The van der Waals surface area contributed by atoms with Gasteiger partial charge in [0.1, 0.15) is 0 Å². The molecular weight excluding hydrogens is 240 g/mol. The predicted molar refractivity (Wildman–Crippen MR) is 55.0 cm³/mol. The van der Waals surface area contributed by atoms with Crippen molar-refractivity contribution in [1.82, 2.24) is 0 Å². The third kappa shape index (κ3) is 2.27. The van der Waals surface area contributed by atoms with E-state index in [1.54, 1.807) is 20.0 Å². The van der Waals surface area contributed by atoms with Gasteiger partial charge in [0.15, 0.2) is 23.3 Å². The van der Waals surface area contributed by atoms with Crippen molar-refractivity contribution in [2.24, 2.45) is 0 Å². The van der Waals surface area contributed by atoms with E-state index in [9.17, 15) is 17.6 Å². The molecule has 1 aromatic carbocycles. The van der Waals surface area contributed by atoms with Crippen LogP contribution in [-0.4, -0.2) is 14.9 Å². The second kappa shape index (κ2) is 4.55. The van der Waals surface area contributed by atoms with Gasteiger partial charge in [-0.15, -0.1) is 0 Å². The van der Waals surface area contributed by atoms with Gasteiger partial charge < -0.3 is 4.43 Å². The number of hydrogen-bond donors (Lipinski definition) is 0. The van der Waals surface area contributed by atoms with Gasteiger partial charge in [-0.1, -0.05) is 0 Å². The van der Waals surface area contributed by atoms with Crippen molar-refractivity contribution in [3.8, 4) is 0 Å². The number of rotatable bonds is 3. The molecule has 0 spiro atoms. The quantitative estimate of drug-likeness (QED) is 0.348. The van der Waals surface area contributed by atoms with Gasteiger partial charge >= 0.3 is 0 Å². The van der Waals surface area contributed by atoms with Gasteiger partial charge in [-0.05, 0) is 26.1 Å². The zero-order chi connectivity index (χ0) is 12.5. The lowest BCUT2D eigenvalue weighted by Gasteiger charge is -2.23. The molecule has 1 aromatic rings. The molecule has 0 saturated carbocycles. The lowest BCUT2D eigenvalue weighted by molar-refractivity contribution is 0.336. The molecule has 90 valence electrons. The minimum absolute atomic E-state index is 0.203. The number of halogens is 4. The highest BCUT2D eigenvalue weighted by molar-refractivity contribution is 6.84. The summed E-state index contributed by atoms with van der Waals surface area (Å²) in [5, 5.41) is -0.203. The van der Waals surface area contributed by atoms with Crippen molar-refractivity contribution in [1.29, 1.82) is 0 Å². The lowest BCUT2D eigenvalue weighted by atomic mass is 10.3. The van der Waals surface area contributed by atoms with Crippen LogP contribution in [-0.2, 0) is 4.43 Å². The fourth-order valence-electron chi connectivity index (χ4n) is 1.45. The van der Waals surface area contributed by atoms with E-state index < -0.39 is 31.6 Å². The molecule has 0 radical (unpaired) electrons. The Labute approximate surface area is 92.2 Å². The Balaban J connectivity index is 3.35. The molecule has 0 fully saturated rings. The molecule has 0 aromatic heterocycles. The van der Waals surface area contributed by atoms with Crippen molar-refractivity contribution in [2.75, 3.05) is 6.61 Å². The van der Waals surface area contributed by atoms with E-state index in [2.05, 4.69) is 0 Å². The molecule has 0 heterocycles. The summed E-state index contributed by atoms with van der Waals surface area (Å²) in [6, 6.07) is 0.676. The van der Waals surface area contributed by atoms with Crippen LogP contribution in [0.1, 0.15) is 6.92 Å². The first kappa shape index (κ1) is 13.2. The monoisotopic (exact) mass is 252 g/mol. The summed E-state index contributed by atoms with van der Waals surface area (Å²) in [4.78, 5) is 0. The lowest BCUT2D eigenvalue weighted by Crippen LogP contribution is -2.47. The first-order valence-electron chi connectivity index (χ1n) is 4.78. The van der Waals surface area contributed by atoms with Crippen LogP contribution in [0.3, 0.4) is 0 Å². The average molecular weight is 252 g/mol. The molecule has 0 aliphatic rings. The molecule has 0 atom stereocenters. The van der Waals surface area contributed by atoms with Crippen LogP contribution in [0.2, 0.25) is 13.1 Å². The van der Waals surface area contributed by atoms with Crippen LogP contribution in [0.15, 0.2) is 6.07 Å². The first-order valence-corrected chi connectivity index (χ1v) is 7.69. The molecule has 0 amide bonds. The summed E-state index contributed by atoms with van der Waals surface area (Å²) >= 11 is 0. The van der Waals surface area contributed by atoms with Crippen molar-refractivity contribution in [2.45, 2.75) is 20.0 Å². The molecule has 0 aliphatic carbocycles. The summed E-state index contributed by atoms with van der Waals surface area (Å²) < 4.78 is 57.4. The molecule has 1 rings (SSSR count). The molecule has 16 heavy (non-hydrogen) atoms. The van der Waals surface area contributed by atoms with Crippen LogP contribution in [0.25, 0.3) is 0 Å². The van der Waals surface area contributed by atoms with Crippen LogP contribution in [0, 0.1) is 23.3 Å². The van der Waals surface area contributed by atoms with E-state index in [0.717, 1.165) is 0 Å². The molecule has 0 N–H and O–H groups in total. The summed E-state index contributed by atoms with van der Waals surface area (Å²) in [6.45, 7) is 5.18. The normalized spacial score (nSPS) is 11.9. The maximum atomic E-state index is 13.4. The number of hydrogen-bond acceptors (Lipinski definition) is 1. The van der Waals surface area contributed by atoms with E-state index in [0.29, 0.717) is 12.7 Å². The highest BCUT2D eigenvalue weighted by Gasteiger charge is 2.32. The van der Waals surface area contributed by atoms with E-state index in [1.165, 1.54) is 0 Å². The fourth-order valence-corrected chi connectivity index (χ4v) is 3.44. The summed E-state index contributed by atoms with van der Waals surface area (Å²) in [5.41, 5.74) is 0. The maximum Gasteiger partial charge on any atom is 0.221 e. The zero-order valence-electron chi connectivity index (χ0n) is 9.20. The standard InChI is InChI=1S/C10H12F4OSi/c1-4-15-16(2,3)7-5-6(11)8(12)10(14)9(7)13/h5H,4H2,1-3H3. The van der Waals surface area contributed by atoms with Gasteiger partial charge in [0, 0.05) is 11.8 Å². The van der Waals surface area contributed by atoms with Crippen LogP contribution < -0.4 is 5.19 Å². The van der Waals surface area contributed by atoms with E-state index in [1.807, 2.05) is 0 Å². The number of benzene rings is 1. The highest BCUT2D eigenvalue weighted by atomic mass is 28.4. The molecule has 0 bridgehead atoms. The van der Waals surface area contributed by atoms with Crippen LogP contribution in [0.4, 0.5) is 17.6 Å². The second-order valence-corrected chi connectivity index (χ2v) is 7.64. The second-order valence-electron chi connectivity index (χ2n) is 3.79. The van der Waals surface area contributed by atoms with Crippen molar-refractivity contribution in [3.63, 3.8) is 0 Å².